The number of likely N-dealkylation sites (tertiary alicyclic amines) is 1. The fraction of sp³-hybridized carbons (Fsp3) is 0.290. The number of thioether (sulfide) groups is 1. The van der Waals surface area contributed by atoms with E-state index in [2.05, 4.69) is 40.2 Å². The van der Waals surface area contributed by atoms with Crippen LogP contribution in [0.25, 0.3) is 6.08 Å². The lowest BCUT2D eigenvalue weighted by atomic mass is 9.90. The van der Waals surface area contributed by atoms with Crippen LogP contribution in [0.3, 0.4) is 0 Å². The summed E-state index contributed by atoms with van der Waals surface area (Å²) in [5, 5.41) is 0.822. The first kappa shape index (κ1) is 25.2. The molecular weight excluding hydrogens is 480 g/mol. The van der Waals surface area contributed by atoms with Crippen LogP contribution in [0.1, 0.15) is 36.5 Å². The van der Waals surface area contributed by atoms with Crippen LogP contribution in [0, 0.1) is 5.92 Å². The van der Waals surface area contributed by atoms with Crippen molar-refractivity contribution in [1.29, 1.82) is 0 Å². The maximum atomic E-state index is 12.7. The molecule has 2 aliphatic heterocycles. The Morgan fingerprint density at radius 3 is 2.32 bits per heavy atom. The van der Waals surface area contributed by atoms with Gasteiger partial charge >= 0.3 is 0 Å². The van der Waals surface area contributed by atoms with Gasteiger partial charge in [-0.1, -0.05) is 66.7 Å². The van der Waals surface area contributed by atoms with Gasteiger partial charge in [-0.2, -0.15) is 4.99 Å². The minimum atomic E-state index is -0.172. The SMILES string of the molecule is CCOc1cc(/C=C2\SC(N3CCC(Cc4ccccc4)CC3)=NC2=O)ccc1OCc1ccccc1. The third kappa shape index (κ3) is 6.63. The number of amides is 1. The highest BCUT2D eigenvalue weighted by atomic mass is 32.2. The van der Waals surface area contributed by atoms with Crippen LogP contribution in [0.4, 0.5) is 0 Å². The minimum absolute atomic E-state index is 0.172. The third-order valence-corrected chi connectivity index (χ3v) is 7.71. The van der Waals surface area contributed by atoms with E-state index in [1.54, 1.807) is 0 Å². The molecule has 2 heterocycles. The van der Waals surface area contributed by atoms with Crippen molar-refractivity contribution in [3.8, 4) is 11.5 Å². The average molecular weight is 513 g/mol. The molecule has 0 saturated carbocycles. The summed E-state index contributed by atoms with van der Waals surface area (Å²) in [6.45, 7) is 4.82. The molecule has 0 aromatic heterocycles. The molecule has 5 rings (SSSR count). The van der Waals surface area contributed by atoms with Crippen molar-refractivity contribution < 1.29 is 14.3 Å². The molecule has 0 spiro atoms. The van der Waals surface area contributed by atoms with Gasteiger partial charge in [0.2, 0.25) is 0 Å². The topological polar surface area (TPSA) is 51.1 Å². The zero-order valence-corrected chi connectivity index (χ0v) is 22.0. The predicted molar refractivity (Wildman–Crippen MR) is 151 cm³/mol. The van der Waals surface area contributed by atoms with Crippen LogP contribution < -0.4 is 9.47 Å². The molecular formula is C31H32N2O3S. The molecule has 0 aliphatic carbocycles. The second-order valence-electron chi connectivity index (χ2n) is 9.34. The Hall–Kier alpha value is -3.51. The summed E-state index contributed by atoms with van der Waals surface area (Å²) in [6.07, 6.45) is 5.24. The van der Waals surface area contributed by atoms with Gasteiger partial charge in [-0.05, 0) is 78.8 Å². The molecule has 1 saturated heterocycles. The Bertz CT molecular complexity index is 1270. The van der Waals surface area contributed by atoms with Crippen molar-refractivity contribution in [2.24, 2.45) is 10.9 Å². The van der Waals surface area contributed by atoms with Crippen molar-refractivity contribution in [3.05, 3.63) is 100 Å². The first-order valence-electron chi connectivity index (χ1n) is 12.9. The standard InChI is InChI=1S/C31H32N2O3S/c1-2-35-28-20-26(13-14-27(28)36-22-25-11-7-4-8-12-25)21-29-30(34)32-31(37-29)33-17-15-24(16-18-33)19-23-9-5-3-6-10-23/h3-14,20-21,24H,2,15-19,22H2,1H3/b29-21-. The number of carbonyl (C=O) groups is 1. The van der Waals surface area contributed by atoms with Gasteiger partial charge in [0.05, 0.1) is 11.5 Å². The molecule has 2 aliphatic rings. The summed E-state index contributed by atoms with van der Waals surface area (Å²) in [6, 6.07) is 26.5. The normalized spacial score (nSPS) is 17.2. The van der Waals surface area contributed by atoms with E-state index in [9.17, 15) is 4.79 Å². The molecule has 3 aromatic carbocycles. The molecule has 3 aromatic rings. The lowest BCUT2D eigenvalue weighted by Gasteiger charge is -2.32. The van der Waals surface area contributed by atoms with Crippen LogP contribution in [-0.4, -0.2) is 35.7 Å². The summed E-state index contributed by atoms with van der Waals surface area (Å²) in [4.78, 5) is 20.0. The number of aliphatic imine (C=N–C) groups is 1. The zero-order valence-electron chi connectivity index (χ0n) is 21.1. The number of hydrogen-bond acceptors (Lipinski definition) is 5. The molecule has 6 heteroatoms. The highest BCUT2D eigenvalue weighted by Crippen LogP contribution is 2.35. The number of rotatable bonds is 8. The fourth-order valence-corrected chi connectivity index (χ4v) is 5.66. The smallest absolute Gasteiger partial charge is 0.286 e. The average Bonchev–Trinajstić information content (AvgIpc) is 3.30. The third-order valence-electron chi connectivity index (χ3n) is 6.66. The van der Waals surface area contributed by atoms with Gasteiger partial charge in [-0.15, -0.1) is 0 Å². The maximum Gasteiger partial charge on any atom is 0.286 e. The van der Waals surface area contributed by atoms with Crippen LogP contribution >= 0.6 is 11.8 Å². The number of benzene rings is 3. The molecule has 37 heavy (non-hydrogen) atoms. The number of nitrogens with zero attached hydrogens (tertiary/aromatic N) is 2. The van der Waals surface area contributed by atoms with Gasteiger partial charge < -0.3 is 14.4 Å². The molecule has 0 N–H and O–H groups in total. The van der Waals surface area contributed by atoms with Crippen LogP contribution in [0.5, 0.6) is 11.5 Å². The Morgan fingerprint density at radius 2 is 1.62 bits per heavy atom. The first-order valence-corrected chi connectivity index (χ1v) is 13.7. The second-order valence-corrected chi connectivity index (χ2v) is 10.4. The van der Waals surface area contributed by atoms with E-state index in [1.807, 2.05) is 61.5 Å². The lowest BCUT2D eigenvalue weighted by molar-refractivity contribution is -0.113. The number of piperidine rings is 1. The predicted octanol–water partition coefficient (Wildman–Crippen LogP) is 6.59. The van der Waals surface area contributed by atoms with Crippen LogP contribution in [-0.2, 0) is 17.8 Å². The van der Waals surface area contributed by atoms with Crippen molar-refractivity contribution in [2.45, 2.75) is 32.8 Å². The number of ether oxygens (including phenoxy) is 2. The van der Waals surface area contributed by atoms with E-state index in [0.29, 0.717) is 35.5 Å². The largest absolute Gasteiger partial charge is 0.490 e. The number of carbonyl (C=O) groups excluding carboxylic acids is 1. The van der Waals surface area contributed by atoms with Gasteiger partial charge in [0.25, 0.3) is 5.91 Å². The van der Waals surface area contributed by atoms with E-state index >= 15 is 0 Å². The van der Waals surface area contributed by atoms with E-state index < -0.39 is 0 Å². The minimum Gasteiger partial charge on any atom is -0.490 e. The summed E-state index contributed by atoms with van der Waals surface area (Å²) in [5.74, 6) is 1.86. The van der Waals surface area contributed by atoms with E-state index in [0.717, 1.165) is 48.6 Å². The van der Waals surface area contributed by atoms with Crippen molar-refractivity contribution in [2.75, 3.05) is 19.7 Å². The van der Waals surface area contributed by atoms with E-state index in [-0.39, 0.29) is 5.91 Å². The Morgan fingerprint density at radius 1 is 0.919 bits per heavy atom. The van der Waals surface area contributed by atoms with Gasteiger partial charge in [0, 0.05) is 13.1 Å². The van der Waals surface area contributed by atoms with Crippen molar-refractivity contribution >= 4 is 28.9 Å². The van der Waals surface area contributed by atoms with Crippen LogP contribution in [0.2, 0.25) is 0 Å². The van der Waals surface area contributed by atoms with Gasteiger partial charge in [-0.25, -0.2) is 0 Å². The van der Waals surface area contributed by atoms with E-state index in [1.165, 1.54) is 17.3 Å². The molecule has 190 valence electrons. The Kier molecular flexibility index (Phi) is 8.26. The maximum absolute atomic E-state index is 12.7. The zero-order chi connectivity index (χ0) is 25.5. The quantitative estimate of drug-likeness (QED) is 0.319. The molecule has 5 nitrogen and oxygen atoms in total. The molecule has 0 radical (unpaired) electrons. The molecule has 0 bridgehead atoms. The summed E-state index contributed by atoms with van der Waals surface area (Å²) < 4.78 is 11.9. The molecule has 0 unspecified atom stereocenters. The second kappa shape index (κ2) is 12.2. The summed E-state index contributed by atoms with van der Waals surface area (Å²) in [7, 11) is 0. The molecule has 1 fully saturated rings. The highest BCUT2D eigenvalue weighted by molar-refractivity contribution is 8.18. The number of hydrogen-bond donors (Lipinski definition) is 0. The summed E-state index contributed by atoms with van der Waals surface area (Å²) >= 11 is 1.47. The Balaban J connectivity index is 1.20. The van der Waals surface area contributed by atoms with Gasteiger partial charge in [0.15, 0.2) is 16.7 Å². The van der Waals surface area contributed by atoms with E-state index in [4.69, 9.17) is 9.47 Å². The van der Waals surface area contributed by atoms with Crippen molar-refractivity contribution in [3.63, 3.8) is 0 Å². The fourth-order valence-electron chi connectivity index (χ4n) is 4.70. The molecule has 1 amide bonds. The lowest BCUT2D eigenvalue weighted by Crippen LogP contribution is -2.37. The summed E-state index contributed by atoms with van der Waals surface area (Å²) in [5.41, 5.74) is 3.39. The monoisotopic (exact) mass is 512 g/mol. The highest BCUT2D eigenvalue weighted by Gasteiger charge is 2.29. The van der Waals surface area contributed by atoms with Gasteiger partial charge in [0.1, 0.15) is 6.61 Å². The van der Waals surface area contributed by atoms with Gasteiger partial charge in [-0.3, -0.25) is 4.79 Å². The van der Waals surface area contributed by atoms with Crippen LogP contribution in [0.15, 0.2) is 88.8 Å². The van der Waals surface area contributed by atoms with Crippen molar-refractivity contribution in [1.82, 2.24) is 4.90 Å². The molecule has 0 atom stereocenters. The first-order chi connectivity index (χ1) is 18.2. The number of amidine groups is 1. The Labute approximate surface area is 223 Å².